The van der Waals surface area contributed by atoms with Crippen LogP contribution in [0.5, 0.6) is 0 Å². The Labute approximate surface area is 164 Å². The summed E-state index contributed by atoms with van der Waals surface area (Å²) >= 11 is 0. The number of benzene rings is 1. The number of fused-ring (bicyclic) bond motifs is 1. The SMILES string of the molecule is CN=C(/C=C(\N)C(F)(F)F)NC(=O)c1ccc2cc(-c3cccnc3)cnc2c1. The minimum atomic E-state index is -4.71. The maximum Gasteiger partial charge on any atom is 0.430 e. The van der Waals surface area contributed by atoms with Gasteiger partial charge >= 0.3 is 6.18 Å². The van der Waals surface area contributed by atoms with Crippen LogP contribution in [-0.4, -0.2) is 34.9 Å². The van der Waals surface area contributed by atoms with Gasteiger partial charge in [-0.3, -0.25) is 19.8 Å². The fraction of sp³-hybridized carbons (Fsp3) is 0.100. The molecular formula is C20H16F3N5O. The maximum absolute atomic E-state index is 12.6. The van der Waals surface area contributed by atoms with Crippen molar-refractivity contribution in [3.05, 3.63) is 72.3 Å². The fourth-order valence-electron chi connectivity index (χ4n) is 2.53. The van der Waals surface area contributed by atoms with Crippen LogP contribution in [0.25, 0.3) is 22.0 Å². The second kappa shape index (κ2) is 8.09. The number of nitrogens with zero attached hydrogens (tertiary/aromatic N) is 3. The van der Waals surface area contributed by atoms with Crippen molar-refractivity contribution >= 4 is 22.6 Å². The summed E-state index contributed by atoms with van der Waals surface area (Å²) in [6.45, 7) is 0. The molecule has 0 unspecified atom stereocenters. The van der Waals surface area contributed by atoms with E-state index in [4.69, 9.17) is 5.73 Å². The van der Waals surface area contributed by atoms with Gasteiger partial charge in [0.1, 0.15) is 11.5 Å². The fourth-order valence-corrected chi connectivity index (χ4v) is 2.53. The van der Waals surface area contributed by atoms with Crippen molar-refractivity contribution in [2.45, 2.75) is 6.18 Å². The molecule has 0 aliphatic rings. The smallest absolute Gasteiger partial charge is 0.395 e. The van der Waals surface area contributed by atoms with E-state index >= 15 is 0 Å². The van der Waals surface area contributed by atoms with Crippen LogP contribution in [0.3, 0.4) is 0 Å². The Balaban J connectivity index is 1.83. The van der Waals surface area contributed by atoms with Crippen LogP contribution < -0.4 is 11.1 Å². The van der Waals surface area contributed by atoms with E-state index in [1.54, 1.807) is 36.8 Å². The van der Waals surface area contributed by atoms with Gasteiger partial charge < -0.3 is 11.1 Å². The lowest BCUT2D eigenvalue weighted by Crippen LogP contribution is -2.31. The first kappa shape index (κ1) is 20.0. The Bertz CT molecular complexity index is 1110. The number of rotatable bonds is 3. The van der Waals surface area contributed by atoms with Gasteiger partial charge in [-0.05, 0) is 24.3 Å². The lowest BCUT2D eigenvalue weighted by Gasteiger charge is -2.09. The van der Waals surface area contributed by atoms with Crippen molar-refractivity contribution in [2.24, 2.45) is 10.7 Å². The molecule has 3 N–H and O–H groups in total. The van der Waals surface area contributed by atoms with Gasteiger partial charge in [-0.25, -0.2) is 0 Å². The molecule has 0 fully saturated rings. The molecule has 6 nitrogen and oxygen atoms in total. The van der Waals surface area contributed by atoms with E-state index in [1.165, 1.54) is 7.05 Å². The number of hydrogen-bond acceptors (Lipinski definition) is 5. The highest BCUT2D eigenvalue weighted by molar-refractivity contribution is 6.11. The monoisotopic (exact) mass is 399 g/mol. The third-order valence-corrected chi connectivity index (χ3v) is 4.04. The molecule has 2 aromatic heterocycles. The first-order valence-corrected chi connectivity index (χ1v) is 8.40. The van der Waals surface area contributed by atoms with Gasteiger partial charge in [0.25, 0.3) is 5.91 Å². The first-order chi connectivity index (χ1) is 13.8. The molecule has 0 radical (unpaired) electrons. The zero-order valence-electron chi connectivity index (χ0n) is 15.2. The van der Waals surface area contributed by atoms with Crippen LogP contribution >= 0.6 is 0 Å². The molecule has 1 amide bonds. The van der Waals surface area contributed by atoms with Crippen LogP contribution in [0, 0.1) is 0 Å². The molecule has 3 rings (SSSR count). The Hall–Kier alpha value is -3.75. The molecule has 1 aromatic carbocycles. The van der Waals surface area contributed by atoms with Crippen molar-refractivity contribution in [3.8, 4) is 11.1 Å². The van der Waals surface area contributed by atoms with Crippen LogP contribution in [-0.2, 0) is 0 Å². The number of allylic oxidation sites excluding steroid dienone is 1. The number of carbonyl (C=O) groups excluding carboxylic acids is 1. The number of alkyl halides is 3. The summed E-state index contributed by atoms with van der Waals surface area (Å²) in [6.07, 6.45) is 0.911. The van der Waals surface area contributed by atoms with E-state index in [9.17, 15) is 18.0 Å². The molecule has 0 aliphatic heterocycles. The standard InChI is InChI=1S/C20H16F3N5O/c1-25-18(9-17(24)20(21,22)23)28-19(29)13-5-4-12-7-15(11-27-16(12)8-13)14-3-2-6-26-10-14/h2-11H,24H2,1H3,(H,25,28,29)/b17-9-. The molecule has 0 atom stereocenters. The molecule has 3 aromatic rings. The van der Waals surface area contributed by atoms with Gasteiger partial charge in [-0.2, -0.15) is 13.2 Å². The topological polar surface area (TPSA) is 93.3 Å². The molecule has 0 aliphatic carbocycles. The van der Waals surface area contributed by atoms with Crippen LogP contribution in [0.15, 0.2) is 71.8 Å². The first-order valence-electron chi connectivity index (χ1n) is 8.40. The molecular weight excluding hydrogens is 383 g/mol. The Morgan fingerprint density at radius 1 is 1.17 bits per heavy atom. The molecule has 0 spiro atoms. The van der Waals surface area contributed by atoms with Gasteiger partial charge in [0, 0.05) is 53.8 Å². The average Bonchev–Trinajstić information content (AvgIpc) is 2.72. The average molecular weight is 399 g/mol. The van der Waals surface area contributed by atoms with Gasteiger partial charge in [-0.15, -0.1) is 0 Å². The largest absolute Gasteiger partial charge is 0.430 e. The second-order valence-corrected chi connectivity index (χ2v) is 6.03. The minimum absolute atomic E-state index is 0.222. The summed E-state index contributed by atoms with van der Waals surface area (Å²) < 4.78 is 37.7. The molecule has 9 heteroatoms. The maximum atomic E-state index is 12.6. The van der Waals surface area contributed by atoms with E-state index in [-0.39, 0.29) is 11.4 Å². The van der Waals surface area contributed by atoms with Crippen molar-refractivity contribution in [1.82, 2.24) is 15.3 Å². The number of amides is 1. The number of pyridine rings is 2. The quantitative estimate of drug-likeness (QED) is 0.521. The minimum Gasteiger partial charge on any atom is -0.395 e. The van der Waals surface area contributed by atoms with Crippen LogP contribution in [0.1, 0.15) is 10.4 Å². The number of aliphatic imine (C=N–C) groups is 1. The van der Waals surface area contributed by atoms with E-state index in [1.807, 2.05) is 18.2 Å². The van der Waals surface area contributed by atoms with Gasteiger partial charge in [0.2, 0.25) is 0 Å². The predicted octanol–water partition coefficient (Wildman–Crippen LogP) is 3.46. The summed E-state index contributed by atoms with van der Waals surface area (Å²) in [7, 11) is 1.25. The lowest BCUT2D eigenvalue weighted by molar-refractivity contribution is -0.0925. The summed E-state index contributed by atoms with van der Waals surface area (Å²) in [5, 5.41) is 3.11. The number of aromatic nitrogens is 2. The van der Waals surface area contributed by atoms with Gasteiger partial charge in [0.15, 0.2) is 0 Å². The number of amidine groups is 1. The molecule has 0 saturated carbocycles. The Kier molecular flexibility index (Phi) is 5.58. The number of nitrogens with two attached hydrogens (primary N) is 1. The Morgan fingerprint density at radius 3 is 2.62 bits per heavy atom. The summed E-state index contributed by atoms with van der Waals surface area (Å²) in [6, 6.07) is 10.4. The highest BCUT2D eigenvalue weighted by Crippen LogP contribution is 2.23. The predicted molar refractivity (Wildman–Crippen MR) is 104 cm³/mol. The number of halogens is 3. The summed E-state index contributed by atoms with van der Waals surface area (Å²) in [5.74, 6) is -0.929. The normalized spacial score (nSPS) is 12.8. The number of carbonyl (C=O) groups is 1. The van der Waals surface area contributed by atoms with Crippen molar-refractivity contribution < 1.29 is 18.0 Å². The van der Waals surface area contributed by atoms with Crippen LogP contribution in [0.4, 0.5) is 13.2 Å². The molecule has 0 bridgehead atoms. The Morgan fingerprint density at radius 2 is 1.97 bits per heavy atom. The zero-order valence-corrected chi connectivity index (χ0v) is 15.2. The third-order valence-electron chi connectivity index (χ3n) is 4.04. The molecule has 148 valence electrons. The van der Waals surface area contributed by atoms with Crippen molar-refractivity contribution in [3.63, 3.8) is 0 Å². The van der Waals surface area contributed by atoms with E-state index in [0.29, 0.717) is 11.6 Å². The molecule has 0 saturated heterocycles. The highest BCUT2D eigenvalue weighted by atomic mass is 19.4. The highest BCUT2D eigenvalue weighted by Gasteiger charge is 2.31. The summed E-state index contributed by atoms with van der Waals surface area (Å²) in [5.41, 5.74) is 6.17. The van der Waals surface area contributed by atoms with Crippen molar-refractivity contribution in [2.75, 3.05) is 7.05 Å². The van der Waals surface area contributed by atoms with E-state index in [0.717, 1.165) is 16.5 Å². The van der Waals surface area contributed by atoms with Crippen LogP contribution in [0.2, 0.25) is 0 Å². The van der Waals surface area contributed by atoms with Gasteiger partial charge in [0.05, 0.1) is 5.52 Å². The third kappa shape index (κ3) is 4.75. The molecule has 29 heavy (non-hydrogen) atoms. The van der Waals surface area contributed by atoms with Crippen molar-refractivity contribution in [1.29, 1.82) is 0 Å². The zero-order chi connectivity index (χ0) is 21.0. The van der Waals surface area contributed by atoms with E-state index < -0.39 is 17.8 Å². The lowest BCUT2D eigenvalue weighted by atomic mass is 10.1. The number of nitrogens with one attached hydrogen (secondary N) is 1. The second-order valence-electron chi connectivity index (χ2n) is 6.03. The number of hydrogen-bond donors (Lipinski definition) is 2. The van der Waals surface area contributed by atoms with E-state index in [2.05, 4.69) is 20.3 Å². The van der Waals surface area contributed by atoms with Gasteiger partial charge in [-0.1, -0.05) is 12.1 Å². The summed E-state index contributed by atoms with van der Waals surface area (Å²) in [4.78, 5) is 24.5. The molecule has 2 heterocycles.